The maximum atomic E-state index is 11.7. The van der Waals surface area contributed by atoms with Crippen molar-refractivity contribution in [3.8, 4) is 0 Å². The third kappa shape index (κ3) is 3.80. The summed E-state index contributed by atoms with van der Waals surface area (Å²) < 4.78 is 0.714. The first-order chi connectivity index (χ1) is 8.22. The Labute approximate surface area is 114 Å². The highest BCUT2D eigenvalue weighted by molar-refractivity contribution is 9.10. The van der Waals surface area contributed by atoms with Gasteiger partial charge in [-0.1, -0.05) is 0 Å². The molecule has 0 aliphatic heterocycles. The molecule has 1 amide bonds. The molecule has 0 saturated heterocycles. The number of carboxylic acid groups (broad SMARTS) is 1. The third-order valence-corrected chi connectivity index (χ3v) is 3.31. The van der Waals surface area contributed by atoms with E-state index < -0.39 is 11.4 Å². The summed E-state index contributed by atoms with van der Waals surface area (Å²) in [5.41, 5.74) is 0.370. The number of nitrogens with one attached hydrogen (secondary N) is 1. The van der Waals surface area contributed by atoms with Gasteiger partial charge in [0.25, 0.3) is 0 Å². The molecule has 0 atom stereocenters. The fourth-order valence-electron chi connectivity index (χ4n) is 1.31. The Bertz CT molecular complexity index is 486. The van der Waals surface area contributed by atoms with Crippen LogP contribution in [0.5, 0.6) is 0 Å². The standard InChI is InChI=1S/C12H15BrN2O3/c1-7-4-8(6-14-10(7)13)15-9(16)5-12(2,3)11(17)18/h4,6H,5H2,1-3H3,(H,15,16)(H,17,18). The van der Waals surface area contributed by atoms with E-state index in [-0.39, 0.29) is 12.3 Å². The zero-order valence-corrected chi connectivity index (χ0v) is 12.0. The number of aromatic nitrogens is 1. The number of rotatable bonds is 4. The van der Waals surface area contributed by atoms with Crippen LogP contribution in [-0.4, -0.2) is 22.0 Å². The summed E-state index contributed by atoms with van der Waals surface area (Å²) in [5.74, 6) is -1.34. The summed E-state index contributed by atoms with van der Waals surface area (Å²) in [7, 11) is 0. The van der Waals surface area contributed by atoms with Crippen LogP contribution in [0.2, 0.25) is 0 Å². The summed E-state index contributed by atoms with van der Waals surface area (Å²) in [4.78, 5) is 26.7. The number of aliphatic carboxylic acids is 1. The van der Waals surface area contributed by atoms with E-state index in [2.05, 4.69) is 26.2 Å². The van der Waals surface area contributed by atoms with Gasteiger partial charge >= 0.3 is 5.97 Å². The number of nitrogens with zero attached hydrogens (tertiary/aromatic N) is 1. The zero-order chi connectivity index (χ0) is 13.9. The summed E-state index contributed by atoms with van der Waals surface area (Å²) in [6.07, 6.45) is 1.43. The van der Waals surface area contributed by atoms with Crippen molar-refractivity contribution in [3.63, 3.8) is 0 Å². The first-order valence-corrected chi connectivity index (χ1v) is 6.17. The summed E-state index contributed by atoms with van der Waals surface area (Å²) in [6, 6.07) is 1.77. The highest BCUT2D eigenvalue weighted by atomic mass is 79.9. The predicted octanol–water partition coefficient (Wildman–Crippen LogP) is 2.59. The van der Waals surface area contributed by atoms with Crippen LogP contribution in [0.1, 0.15) is 25.8 Å². The highest BCUT2D eigenvalue weighted by Crippen LogP contribution is 2.22. The molecule has 0 aliphatic rings. The van der Waals surface area contributed by atoms with Gasteiger partial charge < -0.3 is 10.4 Å². The molecule has 2 N–H and O–H groups in total. The number of carboxylic acids is 1. The Hall–Kier alpha value is -1.43. The van der Waals surface area contributed by atoms with E-state index in [0.29, 0.717) is 10.3 Å². The third-order valence-electron chi connectivity index (χ3n) is 2.48. The lowest BCUT2D eigenvalue weighted by atomic mass is 9.89. The molecule has 6 heteroatoms. The van der Waals surface area contributed by atoms with E-state index in [1.54, 1.807) is 6.07 Å². The summed E-state index contributed by atoms with van der Waals surface area (Å²) in [6.45, 7) is 4.88. The minimum Gasteiger partial charge on any atom is -0.481 e. The predicted molar refractivity (Wildman–Crippen MR) is 71.3 cm³/mol. The lowest BCUT2D eigenvalue weighted by Gasteiger charge is -2.18. The monoisotopic (exact) mass is 314 g/mol. The van der Waals surface area contributed by atoms with Crippen molar-refractivity contribution in [1.82, 2.24) is 4.98 Å². The van der Waals surface area contributed by atoms with Gasteiger partial charge in [-0.15, -0.1) is 0 Å². The minimum absolute atomic E-state index is 0.0859. The summed E-state index contributed by atoms with van der Waals surface area (Å²) >= 11 is 3.26. The molecular formula is C12H15BrN2O3. The number of hydrogen-bond donors (Lipinski definition) is 2. The highest BCUT2D eigenvalue weighted by Gasteiger charge is 2.30. The number of carbonyl (C=O) groups is 2. The van der Waals surface area contributed by atoms with Gasteiger partial charge in [0, 0.05) is 6.42 Å². The maximum Gasteiger partial charge on any atom is 0.309 e. The number of amides is 1. The van der Waals surface area contributed by atoms with E-state index in [1.165, 1.54) is 20.0 Å². The Morgan fingerprint density at radius 3 is 2.61 bits per heavy atom. The molecule has 0 spiro atoms. The van der Waals surface area contributed by atoms with Crippen molar-refractivity contribution in [3.05, 3.63) is 22.4 Å². The Kier molecular flexibility index (Phi) is 4.45. The van der Waals surface area contributed by atoms with Crippen LogP contribution in [0.15, 0.2) is 16.9 Å². The first kappa shape index (κ1) is 14.6. The molecule has 1 heterocycles. The Morgan fingerprint density at radius 1 is 1.50 bits per heavy atom. The topological polar surface area (TPSA) is 79.3 Å². The van der Waals surface area contributed by atoms with Gasteiger partial charge in [-0.05, 0) is 48.3 Å². The van der Waals surface area contributed by atoms with Gasteiger partial charge in [0.1, 0.15) is 4.60 Å². The number of hydrogen-bond acceptors (Lipinski definition) is 3. The van der Waals surface area contributed by atoms with Gasteiger partial charge in [-0.25, -0.2) is 4.98 Å². The second kappa shape index (κ2) is 5.48. The fraction of sp³-hybridized carbons (Fsp3) is 0.417. The van der Waals surface area contributed by atoms with Crippen molar-refractivity contribution in [1.29, 1.82) is 0 Å². The second-order valence-electron chi connectivity index (χ2n) is 4.75. The van der Waals surface area contributed by atoms with Crippen LogP contribution in [-0.2, 0) is 9.59 Å². The van der Waals surface area contributed by atoms with Crippen LogP contribution in [0.4, 0.5) is 5.69 Å². The van der Waals surface area contributed by atoms with Gasteiger partial charge in [0.05, 0.1) is 17.3 Å². The molecule has 98 valence electrons. The van der Waals surface area contributed by atoms with Crippen LogP contribution < -0.4 is 5.32 Å². The van der Waals surface area contributed by atoms with E-state index in [1.807, 2.05) is 6.92 Å². The SMILES string of the molecule is Cc1cc(NC(=O)CC(C)(C)C(=O)O)cnc1Br. The smallest absolute Gasteiger partial charge is 0.309 e. The van der Waals surface area contributed by atoms with E-state index in [0.717, 1.165) is 5.56 Å². The van der Waals surface area contributed by atoms with E-state index >= 15 is 0 Å². The van der Waals surface area contributed by atoms with E-state index in [4.69, 9.17) is 5.11 Å². The summed E-state index contributed by atoms with van der Waals surface area (Å²) in [5, 5.41) is 11.6. The lowest BCUT2D eigenvalue weighted by molar-refractivity contribution is -0.148. The van der Waals surface area contributed by atoms with Crippen LogP contribution >= 0.6 is 15.9 Å². The minimum atomic E-state index is -1.08. The quantitative estimate of drug-likeness (QED) is 0.837. The fourth-order valence-corrected chi connectivity index (χ4v) is 1.53. The van der Waals surface area contributed by atoms with Crippen molar-refractivity contribution in [2.45, 2.75) is 27.2 Å². The van der Waals surface area contributed by atoms with Crippen LogP contribution in [0.25, 0.3) is 0 Å². The molecule has 0 unspecified atom stereocenters. The van der Waals surface area contributed by atoms with Gasteiger partial charge in [-0.3, -0.25) is 9.59 Å². The lowest BCUT2D eigenvalue weighted by Crippen LogP contribution is -2.29. The van der Waals surface area contributed by atoms with E-state index in [9.17, 15) is 9.59 Å². The van der Waals surface area contributed by atoms with Crippen molar-refractivity contribution in [2.75, 3.05) is 5.32 Å². The molecule has 1 aromatic heterocycles. The number of anilines is 1. The average Bonchev–Trinajstić information content (AvgIpc) is 2.22. The molecular weight excluding hydrogens is 300 g/mol. The molecule has 0 bridgehead atoms. The van der Waals surface area contributed by atoms with Crippen LogP contribution in [0.3, 0.4) is 0 Å². The normalized spacial score (nSPS) is 11.1. The molecule has 0 fully saturated rings. The average molecular weight is 315 g/mol. The Morgan fingerprint density at radius 2 is 2.11 bits per heavy atom. The largest absolute Gasteiger partial charge is 0.481 e. The first-order valence-electron chi connectivity index (χ1n) is 5.38. The number of pyridine rings is 1. The molecule has 5 nitrogen and oxygen atoms in total. The molecule has 0 saturated carbocycles. The molecule has 1 aromatic rings. The molecule has 18 heavy (non-hydrogen) atoms. The molecule has 0 radical (unpaired) electrons. The van der Waals surface area contributed by atoms with Gasteiger partial charge in [0.2, 0.25) is 5.91 Å². The Balaban J connectivity index is 2.71. The number of carbonyl (C=O) groups excluding carboxylic acids is 1. The molecule has 0 aromatic carbocycles. The number of aryl methyl sites for hydroxylation is 1. The van der Waals surface area contributed by atoms with Crippen molar-refractivity contribution in [2.24, 2.45) is 5.41 Å². The maximum absolute atomic E-state index is 11.7. The van der Waals surface area contributed by atoms with Crippen LogP contribution in [0, 0.1) is 12.3 Å². The number of halogens is 1. The molecule has 0 aliphatic carbocycles. The molecule has 1 rings (SSSR count). The van der Waals surface area contributed by atoms with Gasteiger partial charge in [-0.2, -0.15) is 0 Å². The van der Waals surface area contributed by atoms with Crippen molar-refractivity contribution < 1.29 is 14.7 Å². The zero-order valence-electron chi connectivity index (χ0n) is 10.5. The van der Waals surface area contributed by atoms with Crippen molar-refractivity contribution >= 4 is 33.5 Å². The van der Waals surface area contributed by atoms with Gasteiger partial charge in [0.15, 0.2) is 0 Å². The second-order valence-corrected chi connectivity index (χ2v) is 5.50.